The van der Waals surface area contributed by atoms with Gasteiger partial charge in [0.05, 0.1) is 0 Å². The third-order valence-corrected chi connectivity index (χ3v) is 9.15. The van der Waals surface area contributed by atoms with Crippen molar-refractivity contribution in [2.75, 3.05) is 13.1 Å². The number of hydrogen-bond acceptors (Lipinski definition) is 3. The molecule has 146 valence electrons. The topological polar surface area (TPSA) is 38.8 Å². The molecule has 0 aliphatic heterocycles. The fourth-order valence-corrected chi connectivity index (χ4v) is 5.22. The molecular formula is C18H33F2NO3Si. The average Bonchev–Trinajstić information content (AvgIpc) is 2.61. The van der Waals surface area contributed by atoms with Crippen LogP contribution < -0.4 is 0 Å². The molecule has 1 atom stereocenters. The summed E-state index contributed by atoms with van der Waals surface area (Å²) in [7, 11) is -2.31. The van der Waals surface area contributed by atoms with Crippen LogP contribution in [0.4, 0.5) is 13.6 Å². The zero-order valence-electron chi connectivity index (χ0n) is 16.2. The maximum absolute atomic E-state index is 13.7. The van der Waals surface area contributed by atoms with Crippen LogP contribution in [0.5, 0.6) is 0 Å². The second-order valence-corrected chi connectivity index (χ2v) is 10.6. The Hall–Kier alpha value is -1.37. The second-order valence-electron chi connectivity index (χ2n) is 5.88. The van der Waals surface area contributed by atoms with Crippen molar-refractivity contribution in [3.63, 3.8) is 0 Å². The van der Waals surface area contributed by atoms with Gasteiger partial charge in [-0.15, -0.1) is 6.58 Å². The van der Waals surface area contributed by atoms with Gasteiger partial charge in [-0.2, -0.15) is 8.78 Å². The van der Waals surface area contributed by atoms with Gasteiger partial charge in [0, 0.05) is 13.1 Å². The molecule has 7 heteroatoms. The number of allylic oxidation sites excluding steroid dienone is 1. The van der Waals surface area contributed by atoms with Gasteiger partial charge in [0.2, 0.25) is 8.32 Å². The number of rotatable bonds is 12. The molecule has 0 saturated heterocycles. The molecule has 0 aromatic heterocycles. The number of amides is 1. The van der Waals surface area contributed by atoms with Gasteiger partial charge in [0.25, 0.3) is 0 Å². The maximum atomic E-state index is 13.7. The van der Waals surface area contributed by atoms with E-state index in [1.165, 1.54) is 4.90 Å². The highest BCUT2D eigenvalue weighted by Crippen LogP contribution is 2.31. The van der Waals surface area contributed by atoms with E-state index in [1.807, 2.05) is 34.6 Å². The van der Waals surface area contributed by atoms with E-state index in [0.717, 1.165) is 18.1 Å². The van der Waals surface area contributed by atoms with Crippen LogP contribution in [0, 0.1) is 0 Å². The Bertz CT molecular complexity index is 437. The van der Waals surface area contributed by atoms with Gasteiger partial charge in [-0.25, -0.2) is 4.79 Å². The van der Waals surface area contributed by atoms with Crippen molar-refractivity contribution in [2.24, 2.45) is 0 Å². The fourth-order valence-electron chi connectivity index (χ4n) is 2.62. The Kier molecular flexibility index (Phi) is 11.4. The number of carbonyl (C=O) groups excluding carboxylic acids is 1. The smallest absolute Gasteiger partial charge is 0.410 e. The lowest BCUT2D eigenvalue weighted by atomic mass is 10.1. The number of halogens is 2. The SMILES string of the molecule is C=CCCC(OC(=O)N(CC)CC)C(O[Si](CC)(CC)CC)=C(F)F. The summed E-state index contributed by atoms with van der Waals surface area (Å²) in [4.78, 5) is 13.7. The molecule has 1 unspecified atom stereocenters. The summed E-state index contributed by atoms with van der Waals surface area (Å²) in [6.07, 6.45) is -1.30. The van der Waals surface area contributed by atoms with Crippen molar-refractivity contribution in [2.45, 2.75) is 71.7 Å². The first-order valence-electron chi connectivity index (χ1n) is 9.15. The molecule has 0 aliphatic carbocycles. The van der Waals surface area contributed by atoms with Crippen LogP contribution in [0.1, 0.15) is 47.5 Å². The molecule has 25 heavy (non-hydrogen) atoms. The molecule has 0 aromatic rings. The minimum atomic E-state index is -2.31. The Morgan fingerprint density at radius 1 is 1.12 bits per heavy atom. The summed E-state index contributed by atoms with van der Waals surface area (Å²) in [5, 5.41) is 0. The van der Waals surface area contributed by atoms with Gasteiger partial charge in [0.15, 0.2) is 11.9 Å². The Balaban J connectivity index is 5.57. The van der Waals surface area contributed by atoms with Gasteiger partial charge >= 0.3 is 12.2 Å². The monoisotopic (exact) mass is 377 g/mol. The Morgan fingerprint density at radius 3 is 2.00 bits per heavy atom. The van der Waals surface area contributed by atoms with Gasteiger partial charge in [-0.3, -0.25) is 0 Å². The molecule has 0 heterocycles. The van der Waals surface area contributed by atoms with Crippen LogP contribution in [-0.2, 0) is 9.16 Å². The first-order valence-corrected chi connectivity index (χ1v) is 11.7. The van der Waals surface area contributed by atoms with Crippen molar-refractivity contribution in [1.82, 2.24) is 4.90 Å². The van der Waals surface area contributed by atoms with E-state index in [4.69, 9.17) is 9.16 Å². The van der Waals surface area contributed by atoms with Crippen molar-refractivity contribution < 1.29 is 22.7 Å². The first-order chi connectivity index (χ1) is 11.8. The molecule has 0 saturated carbocycles. The number of hydrogen-bond donors (Lipinski definition) is 0. The minimum absolute atomic E-state index is 0.227. The van der Waals surface area contributed by atoms with Gasteiger partial charge < -0.3 is 14.1 Å². The molecule has 0 aliphatic rings. The van der Waals surface area contributed by atoms with Crippen LogP contribution in [0.2, 0.25) is 18.1 Å². The molecule has 1 amide bonds. The highest BCUT2D eigenvalue weighted by atomic mass is 28.4. The number of ether oxygens (including phenoxy) is 1. The Labute approximate surface area is 152 Å². The second kappa shape index (κ2) is 12.1. The largest absolute Gasteiger partial charge is 0.540 e. The number of nitrogens with zero attached hydrogens (tertiary/aromatic N) is 1. The molecule has 0 bridgehead atoms. The van der Waals surface area contributed by atoms with Crippen LogP contribution >= 0.6 is 0 Å². The van der Waals surface area contributed by atoms with E-state index in [-0.39, 0.29) is 6.42 Å². The third-order valence-electron chi connectivity index (χ3n) is 4.64. The van der Waals surface area contributed by atoms with Gasteiger partial charge in [0.1, 0.15) is 0 Å². The minimum Gasteiger partial charge on any atom is -0.540 e. The summed E-state index contributed by atoms with van der Waals surface area (Å²) in [6.45, 7) is 14.1. The molecular weight excluding hydrogens is 344 g/mol. The lowest BCUT2D eigenvalue weighted by Gasteiger charge is -2.33. The maximum Gasteiger partial charge on any atom is 0.410 e. The molecule has 0 N–H and O–H groups in total. The summed E-state index contributed by atoms with van der Waals surface area (Å²) >= 11 is 0. The van der Waals surface area contributed by atoms with E-state index < -0.39 is 32.4 Å². The lowest BCUT2D eigenvalue weighted by molar-refractivity contribution is 0.0551. The van der Waals surface area contributed by atoms with Crippen LogP contribution in [0.25, 0.3) is 0 Å². The van der Waals surface area contributed by atoms with E-state index in [9.17, 15) is 13.6 Å². The third kappa shape index (κ3) is 7.18. The standard InChI is InChI=1S/C18H33F2NO3Si/c1-7-13-14-15(23-18(22)21(8-2)9-3)16(17(19)20)24-25(10-4,11-5)12-6/h7,15H,1,8-14H2,2-6H3. The first kappa shape index (κ1) is 23.6. The molecule has 0 aromatic carbocycles. The highest BCUT2D eigenvalue weighted by molar-refractivity contribution is 6.73. The van der Waals surface area contributed by atoms with Gasteiger partial charge in [-0.05, 0) is 44.8 Å². The van der Waals surface area contributed by atoms with E-state index in [0.29, 0.717) is 19.5 Å². The zero-order chi connectivity index (χ0) is 19.5. The lowest BCUT2D eigenvalue weighted by Crippen LogP contribution is -2.40. The van der Waals surface area contributed by atoms with E-state index >= 15 is 0 Å². The predicted molar refractivity (Wildman–Crippen MR) is 100 cm³/mol. The highest BCUT2D eigenvalue weighted by Gasteiger charge is 2.36. The van der Waals surface area contributed by atoms with Crippen molar-refractivity contribution in [3.05, 3.63) is 24.5 Å². The molecule has 0 fully saturated rings. The number of carbonyl (C=O) groups is 1. The molecule has 4 nitrogen and oxygen atoms in total. The van der Waals surface area contributed by atoms with Crippen molar-refractivity contribution in [1.29, 1.82) is 0 Å². The normalized spacial score (nSPS) is 12.3. The summed E-state index contributed by atoms with van der Waals surface area (Å²) in [5.41, 5.74) is 0. The summed E-state index contributed by atoms with van der Waals surface area (Å²) < 4.78 is 38.6. The van der Waals surface area contributed by atoms with Crippen LogP contribution in [0.3, 0.4) is 0 Å². The summed E-state index contributed by atoms with van der Waals surface area (Å²) in [5.74, 6) is -0.473. The predicted octanol–water partition coefficient (Wildman–Crippen LogP) is 5.93. The molecule has 0 radical (unpaired) electrons. The van der Waals surface area contributed by atoms with Crippen molar-refractivity contribution >= 4 is 14.4 Å². The van der Waals surface area contributed by atoms with Crippen LogP contribution in [0.15, 0.2) is 24.5 Å². The zero-order valence-corrected chi connectivity index (χ0v) is 17.2. The summed E-state index contributed by atoms with van der Waals surface area (Å²) in [6, 6.07) is 2.19. The average molecular weight is 378 g/mol. The van der Waals surface area contributed by atoms with Crippen LogP contribution in [-0.4, -0.2) is 38.5 Å². The van der Waals surface area contributed by atoms with Crippen molar-refractivity contribution in [3.8, 4) is 0 Å². The Morgan fingerprint density at radius 2 is 1.64 bits per heavy atom. The van der Waals surface area contributed by atoms with Gasteiger partial charge in [-0.1, -0.05) is 26.8 Å². The quantitative estimate of drug-likeness (QED) is 0.240. The fraction of sp³-hybridized carbons (Fsp3) is 0.722. The molecule has 0 spiro atoms. The van der Waals surface area contributed by atoms with E-state index in [1.54, 1.807) is 6.08 Å². The molecule has 0 rings (SSSR count). The van der Waals surface area contributed by atoms with E-state index in [2.05, 4.69) is 6.58 Å².